The lowest BCUT2D eigenvalue weighted by molar-refractivity contribution is -0.136. The van der Waals surface area contributed by atoms with E-state index in [9.17, 15) is 4.79 Å². The summed E-state index contributed by atoms with van der Waals surface area (Å²) in [4.78, 5) is 11.1. The highest BCUT2D eigenvalue weighted by Gasteiger charge is 2.23. The molecular weight excluding hydrogens is 256 g/mol. The lowest BCUT2D eigenvalue weighted by Gasteiger charge is -2.07. The number of carbonyl (C=O) groups is 1. The molecule has 0 amide bonds. The van der Waals surface area contributed by atoms with Crippen LogP contribution in [0.25, 0.3) is 5.69 Å². The number of hydrogen-bond donors (Lipinski definition) is 1. The van der Waals surface area contributed by atoms with Gasteiger partial charge in [-0.25, -0.2) is 4.68 Å². The lowest BCUT2D eigenvalue weighted by atomic mass is 10.0. The zero-order valence-corrected chi connectivity index (χ0v) is 11.8. The first-order chi connectivity index (χ1) is 9.54. The second kappa shape index (κ2) is 5.77. The predicted octanol–water partition coefficient (Wildman–Crippen LogP) is 2.63. The summed E-state index contributed by atoms with van der Waals surface area (Å²) < 4.78 is 7.06. The number of carboxylic acids is 1. The summed E-state index contributed by atoms with van der Waals surface area (Å²) in [6, 6.07) is 9.54. The maximum absolute atomic E-state index is 11.1. The van der Waals surface area contributed by atoms with Gasteiger partial charge in [-0.3, -0.25) is 4.79 Å². The van der Waals surface area contributed by atoms with Crippen LogP contribution in [0.2, 0.25) is 0 Å². The van der Waals surface area contributed by atoms with Crippen LogP contribution in [0.1, 0.15) is 31.0 Å². The number of aromatic nitrogens is 2. The molecule has 0 aliphatic carbocycles. The van der Waals surface area contributed by atoms with E-state index in [4.69, 9.17) is 9.84 Å². The Labute approximate surface area is 117 Å². The molecule has 0 bridgehead atoms. The maximum atomic E-state index is 11.1. The average molecular weight is 274 g/mol. The van der Waals surface area contributed by atoms with Crippen molar-refractivity contribution in [1.82, 2.24) is 9.78 Å². The minimum absolute atomic E-state index is 0.0937. The zero-order chi connectivity index (χ0) is 14.7. The first kappa shape index (κ1) is 14.1. The SMILES string of the molecule is COc1c(CC(=O)O)c(C(C)C)nn1-c1ccccc1. The van der Waals surface area contributed by atoms with Crippen molar-refractivity contribution in [3.05, 3.63) is 41.6 Å². The summed E-state index contributed by atoms with van der Waals surface area (Å²) in [5.74, 6) is -0.275. The van der Waals surface area contributed by atoms with Crippen LogP contribution < -0.4 is 4.74 Å². The third-order valence-corrected chi connectivity index (χ3v) is 3.04. The van der Waals surface area contributed by atoms with Crippen LogP contribution in [0.4, 0.5) is 0 Å². The topological polar surface area (TPSA) is 64.3 Å². The Bertz CT molecular complexity index is 603. The van der Waals surface area contributed by atoms with Crippen LogP contribution in [0.15, 0.2) is 30.3 Å². The maximum Gasteiger partial charge on any atom is 0.308 e. The molecule has 0 unspecified atom stereocenters. The smallest absolute Gasteiger partial charge is 0.308 e. The van der Waals surface area contributed by atoms with Crippen LogP contribution >= 0.6 is 0 Å². The number of methoxy groups -OCH3 is 1. The van der Waals surface area contributed by atoms with Crippen molar-refractivity contribution in [2.75, 3.05) is 7.11 Å². The van der Waals surface area contributed by atoms with Crippen LogP contribution in [0, 0.1) is 0 Å². The molecule has 5 heteroatoms. The molecule has 5 nitrogen and oxygen atoms in total. The van der Waals surface area contributed by atoms with Crippen LogP contribution in [-0.4, -0.2) is 28.0 Å². The Balaban J connectivity index is 2.61. The van der Waals surface area contributed by atoms with E-state index in [0.717, 1.165) is 11.4 Å². The number of ether oxygens (including phenoxy) is 1. The summed E-state index contributed by atoms with van der Waals surface area (Å²) >= 11 is 0. The Morgan fingerprint density at radius 3 is 2.50 bits per heavy atom. The van der Waals surface area contributed by atoms with Gasteiger partial charge in [-0.05, 0) is 18.1 Å². The van der Waals surface area contributed by atoms with Crippen LogP contribution in [0.5, 0.6) is 5.88 Å². The molecule has 1 aromatic heterocycles. The minimum atomic E-state index is -0.891. The number of aliphatic carboxylic acids is 1. The summed E-state index contributed by atoms with van der Waals surface area (Å²) in [6.07, 6.45) is -0.0937. The Morgan fingerprint density at radius 1 is 1.35 bits per heavy atom. The molecule has 106 valence electrons. The molecule has 0 radical (unpaired) electrons. The van der Waals surface area contributed by atoms with Gasteiger partial charge in [-0.15, -0.1) is 0 Å². The van der Waals surface area contributed by atoms with Crippen molar-refractivity contribution in [1.29, 1.82) is 0 Å². The van der Waals surface area contributed by atoms with Gasteiger partial charge in [0, 0.05) is 5.56 Å². The second-order valence-electron chi connectivity index (χ2n) is 4.85. The summed E-state index contributed by atoms with van der Waals surface area (Å²) in [5.41, 5.74) is 2.25. The number of hydrogen-bond acceptors (Lipinski definition) is 3. The normalized spacial score (nSPS) is 10.8. The third kappa shape index (κ3) is 2.66. The van der Waals surface area contributed by atoms with Gasteiger partial charge < -0.3 is 9.84 Å². The Hall–Kier alpha value is -2.30. The summed E-state index contributed by atoms with van der Waals surface area (Å²) in [6.45, 7) is 3.98. The number of para-hydroxylation sites is 1. The van der Waals surface area contributed by atoms with Crippen molar-refractivity contribution in [2.24, 2.45) is 0 Å². The molecule has 2 aromatic rings. The number of rotatable bonds is 5. The molecule has 20 heavy (non-hydrogen) atoms. The molecule has 2 rings (SSSR count). The highest BCUT2D eigenvalue weighted by Crippen LogP contribution is 2.30. The highest BCUT2D eigenvalue weighted by atomic mass is 16.5. The molecule has 1 aromatic carbocycles. The molecular formula is C15H18N2O3. The fraction of sp³-hybridized carbons (Fsp3) is 0.333. The van der Waals surface area contributed by atoms with Crippen molar-refractivity contribution < 1.29 is 14.6 Å². The molecule has 0 saturated heterocycles. The fourth-order valence-corrected chi connectivity index (χ4v) is 2.19. The van der Waals surface area contributed by atoms with Crippen molar-refractivity contribution in [3.63, 3.8) is 0 Å². The van der Waals surface area contributed by atoms with Crippen molar-refractivity contribution >= 4 is 5.97 Å². The second-order valence-corrected chi connectivity index (χ2v) is 4.85. The minimum Gasteiger partial charge on any atom is -0.481 e. The molecule has 0 saturated carbocycles. The van der Waals surface area contributed by atoms with Gasteiger partial charge in [0.25, 0.3) is 0 Å². The fourth-order valence-electron chi connectivity index (χ4n) is 2.19. The van der Waals surface area contributed by atoms with Gasteiger partial charge in [-0.2, -0.15) is 5.10 Å². The van der Waals surface area contributed by atoms with Gasteiger partial charge >= 0.3 is 5.97 Å². The molecule has 0 aliphatic heterocycles. The van der Waals surface area contributed by atoms with E-state index in [1.54, 1.807) is 4.68 Å². The van der Waals surface area contributed by atoms with Crippen LogP contribution in [-0.2, 0) is 11.2 Å². The molecule has 0 atom stereocenters. The third-order valence-electron chi connectivity index (χ3n) is 3.04. The van der Waals surface area contributed by atoms with E-state index in [1.165, 1.54) is 7.11 Å². The Morgan fingerprint density at radius 2 is 2.00 bits per heavy atom. The average Bonchev–Trinajstić information content (AvgIpc) is 2.77. The van der Waals surface area contributed by atoms with E-state index in [0.29, 0.717) is 11.4 Å². The quantitative estimate of drug-likeness (QED) is 0.910. The molecule has 1 heterocycles. The van der Waals surface area contributed by atoms with Crippen molar-refractivity contribution in [3.8, 4) is 11.6 Å². The van der Waals surface area contributed by atoms with Crippen molar-refractivity contribution in [2.45, 2.75) is 26.2 Å². The van der Waals surface area contributed by atoms with Gasteiger partial charge in [0.15, 0.2) is 0 Å². The van der Waals surface area contributed by atoms with E-state index in [-0.39, 0.29) is 12.3 Å². The monoisotopic (exact) mass is 274 g/mol. The number of nitrogens with zero attached hydrogens (tertiary/aromatic N) is 2. The van der Waals surface area contributed by atoms with Gasteiger partial charge in [0.2, 0.25) is 5.88 Å². The van der Waals surface area contributed by atoms with Gasteiger partial charge in [0.1, 0.15) is 0 Å². The molecule has 0 spiro atoms. The largest absolute Gasteiger partial charge is 0.481 e. The number of carboxylic acid groups (broad SMARTS) is 1. The highest BCUT2D eigenvalue weighted by molar-refractivity contribution is 5.72. The molecule has 0 aliphatic rings. The van der Waals surface area contributed by atoms with E-state index in [2.05, 4.69) is 5.10 Å². The predicted molar refractivity (Wildman–Crippen MR) is 75.5 cm³/mol. The van der Waals surface area contributed by atoms with E-state index < -0.39 is 5.97 Å². The summed E-state index contributed by atoms with van der Waals surface area (Å²) in [5, 5.41) is 13.6. The summed E-state index contributed by atoms with van der Waals surface area (Å²) in [7, 11) is 1.53. The molecule has 1 N–H and O–H groups in total. The van der Waals surface area contributed by atoms with Gasteiger partial charge in [0.05, 0.1) is 24.9 Å². The molecule has 0 fully saturated rings. The van der Waals surface area contributed by atoms with Gasteiger partial charge in [-0.1, -0.05) is 32.0 Å². The number of benzene rings is 1. The first-order valence-corrected chi connectivity index (χ1v) is 6.47. The van der Waals surface area contributed by atoms with E-state index in [1.807, 2.05) is 44.2 Å². The Kier molecular flexibility index (Phi) is 4.08. The first-order valence-electron chi connectivity index (χ1n) is 6.47. The lowest BCUT2D eigenvalue weighted by Crippen LogP contribution is -2.05. The van der Waals surface area contributed by atoms with E-state index >= 15 is 0 Å². The van der Waals surface area contributed by atoms with Crippen LogP contribution in [0.3, 0.4) is 0 Å². The standard InChI is InChI=1S/C15H18N2O3/c1-10(2)14-12(9-13(18)19)15(20-3)17(16-14)11-7-5-4-6-8-11/h4-8,10H,9H2,1-3H3,(H,18,19). The zero-order valence-electron chi connectivity index (χ0n) is 11.8.